The fourth-order valence-electron chi connectivity index (χ4n) is 5.33. The fraction of sp³-hybridized carbons (Fsp3) is 0.321. The molecule has 3 heterocycles. The maximum absolute atomic E-state index is 13.7. The molecule has 0 radical (unpaired) electrons. The van der Waals surface area contributed by atoms with E-state index in [2.05, 4.69) is 35.4 Å². The predicted molar refractivity (Wildman–Crippen MR) is 137 cm³/mol. The Morgan fingerprint density at radius 2 is 2.03 bits per heavy atom. The largest absolute Gasteiger partial charge is 0.441 e. The van der Waals surface area contributed by atoms with Crippen molar-refractivity contribution in [2.24, 2.45) is 11.8 Å². The van der Waals surface area contributed by atoms with E-state index in [0.717, 1.165) is 29.0 Å². The first-order chi connectivity index (χ1) is 17.0. The average Bonchev–Trinajstić information content (AvgIpc) is 3.22. The number of fused-ring (bicyclic) bond motifs is 2. The van der Waals surface area contributed by atoms with E-state index in [1.54, 1.807) is 17.4 Å². The lowest BCUT2D eigenvalue weighted by Gasteiger charge is -2.28. The minimum Gasteiger partial charge on any atom is -0.441 e. The zero-order chi connectivity index (χ0) is 24.1. The van der Waals surface area contributed by atoms with Gasteiger partial charge in [0.25, 0.3) is 11.8 Å². The molecule has 35 heavy (non-hydrogen) atoms. The number of carbonyl (C=O) groups is 2. The third kappa shape index (κ3) is 3.93. The lowest BCUT2D eigenvalue weighted by atomic mass is 10.1. The van der Waals surface area contributed by atoms with Crippen LogP contribution in [0.3, 0.4) is 0 Å². The molecule has 0 bridgehead atoms. The third-order valence-corrected chi connectivity index (χ3v) is 8.19. The molecule has 0 unspecified atom stereocenters. The molecule has 2 aromatic heterocycles. The lowest BCUT2D eigenvalue weighted by Crippen LogP contribution is -2.45. The molecule has 4 aromatic rings. The first kappa shape index (κ1) is 22.0. The molecule has 1 aliphatic carbocycles. The van der Waals surface area contributed by atoms with Gasteiger partial charge >= 0.3 is 0 Å². The normalized spacial score (nSPS) is 20.7. The highest BCUT2D eigenvalue weighted by Gasteiger charge is 2.54. The number of hydrogen-bond donors (Lipinski definition) is 1. The summed E-state index contributed by atoms with van der Waals surface area (Å²) < 4.78 is 5.71. The van der Waals surface area contributed by atoms with Crippen LogP contribution in [-0.2, 0) is 6.42 Å². The second-order valence-electron chi connectivity index (χ2n) is 9.54. The molecular weight excluding hydrogens is 458 g/mol. The van der Waals surface area contributed by atoms with Crippen molar-refractivity contribution >= 4 is 34.3 Å². The number of likely N-dealkylation sites (tertiary alicyclic amines) is 1. The molecule has 2 fully saturated rings. The number of nitrogens with one attached hydrogen (secondary N) is 1. The Kier molecular flexibility index (Phi) is 5.44. The van der Waals surface area contributed by atoms with Gasteiger partial charge in [0.05, 0.1) is 17.2 Å². The number of oxazole rings is 1. The van der Waals surface area contributed by atoms with Crippen LogP contribution in [0.4, 0.5) is 0 Å². The summed E-state index contributed by atoms with van der Waals surface area (Å²) in [4.78, 5) is 34.3. The van der Waals surface area contributed by atoms with E-state index in [1.807, 2.05) is 41.5 Å². The first-order valence-corrected chi connectivity index (χ1v) is 13.0. The number of aryl methyl sites for hydroxylation is 2. The van der Waals surface area contributed by atoms with Gasteiger partial charge in [-0.2, -0.15) is 0 Å². The quantitative estimate of drug-likeness (QED) is 0.401. The maximum atomic E-state index is 13.7. The van der Waals surface area contributed by atoms with Crippen LogP contribution in [0, 0.1) is 18.8 Å². The number of carbonyl (C=O) groups excluding carboxylic acids is 2. The summed E-state index contributed by atoms with van der Waals surface area (Å²) in [6, 6.07) is 15.6. The van der Waals surface area contributed by atoms with Gasteiger partial charge in [-0.3, -0.25) is 9.59 Å². The molecule has 1 aliphatic heterocycles. The van der Waals surface area contributed by atoms with Crippen molar-refractivity contribution in [3.63, 3.8) is 0 Å². The van der Waals surface area contributed by atoms with E-state index >= 15 is 0 Å². The Balaban J connectivity index is 1.21. The summed E-state index contributed by atoms with van der Waals surface area (Å²) in [6.07, 6.45) is 1.79. The van der Waals surface area contributed by atoms with Crippen LogP contribution < -0.4 is 5.32 Å². The van der Waals surface area contributed by atoms with Crippen LogP contribution >= 0.6 is 11.3 Å². The van der Waals surface area contributed by atoms with Crippen LogP contribution in [0.5, 0.6) is 0 Å². The lowest BCUT2D eigenvalue weighted by molar-refractivity contribution is 0.0696. The Morgan fingerprint density at radius 1 is 1.17 bits per heavy atom. The van der Waals surface area contributed by atoms with Crippen LogP contribution in [0.1, 0.15) is 45.5 Å². The summed E-state index contributed by atoms with van der Waals surface area (Å²) in [5, 5.41) is 5.08. The van der Waals surface area contributed by atoms with E-state index in [9.17, 15) is 9.59 Å². The molecule has 2 amide bonds. The molecule has 6 nitrogen and oxygen atoms in total. The van der Waals surface area contributed by atoms with Crippen LogP contribution in [-0.4, -0.2) is 40.8 Å². The smallest absolute Gasteiger partial charge is 0.255 e. The van der Waals surface area contributed by atoms with Crippen molar-refractivity contribution in [2.75, 3.05) is 13.1 Å². The molecule has 1 saturated carbocycles. The number of hydrogen-bond acceptors (Lipinski definition) is 5. The zero-order valence-electron chi connectivity index (χ0n) is 19.8. The molecular formula is C28H27N3O3S. The Morgan fingerprint density at radius 3 is 2.86 bits per heavy atom. The number of aromatic nitrogens is 1. The van der Waals surface area contributed by atoms with Crippen molar-refractivity contribution in [1.82, 2.24) is 15.2 Å². The van der Waals surface area contributed by atoms with Gasteiger partial charge in [-0.1, -0.05) is 42.8 Å². The van der Waals surface area contributed by atoms with E-state index < -0.39 is 0 Å². The fourth-order valence-corrected chi connectivity index (χ4v) is 6.22. The molecule has 178 valence electrons. The summed E-state index contributed by atoms with van der Waals surface area (Å²) in [7, 11) is 0. The monoisotopic (exact) mass is 485 g/mol. The highest BCUT2D eigenvalue weighted by Crippen LogP contribution is 2.50. The summed E-state index contributed by atoms with van der Waals surface area (Å²) >= 11 is 1.60. The molecule has 3 atom stereocenters. The number of thiophene rings is 1. The Hall–Kier alpha value is -3.45. The zero-order valence-corrected chi connectivity index (χ0v) is 20.6. The highest BCUT2D eigenvalue weighted by molar-refractivity contribution is 7.14. The van der Waals surface area contributed by atoms with Crippen molar-refractivity contribution in [3.8, 4) is 10.4 Å². The Labute approximate surface area is 208 Å². The molecule has 2 aliphatic rings. The molecule has 6 rings (SSSR count). The summed E-state index contributed by atoms with van der Waals surface area (Å²) in [6.45, 7) is 5.23. The standard InChI is InChI=1S/C28H27N3O3S/c1-3-24-30-25-19(8-5-9-23(25)34-24)27(32)29-14-22-21-13-18(21)15-31(22)28(33)20-10-11-35-26(20)17-7-4-6-16(2)12-17/h4-12,18,21-22H,3,13-15H2,1-2H3,(H,29,32)/t18-,21-,22+/m0/s1. The second kappa shape index (κ2) is 8.64. The number of rotatable bonds is 6. The topological polar surface area (TPSA) is 75.4 Å². The van der Waals surface area contributed by atoms with Crippen LogP contribution in [0.2, 0.25) is 0 Å². The number of nitrogens with zero attached hydrogens (tertiary/aromatic N) is 2. The van der Waals surface area contributed by atoms with Crippen LogP contribution in [0.25, 0.3) is 21.5 Å². The molecule has 1 N–H and O–H groups in total. The van der Waals surface area contributed by atoms with Crippen molar-refractivity contribution < 1.29 is 14.0 Å². The molecule has 7 heteroatoms. The first-order valence-electron chi connectivity index (χ1n) is 12.2. The van der Waals surface area contributed by atoms with Crippen molar-refractivity contribution in [2.45, 2.75) is 32.7 Å². The van der Waals surface area contributed by atoms with Crippen molar-refractivity contribution in [3.05, 3.63) is 76.5 Å². The predicted octanol–water partition coefficient (Wildman–Crippen LogP) is 5.32. The van der Waals surface area contributed by atoms with Gasteiger partial charge in [-0.25, -0.2) is 4.98 Å². The number of amides is 2. The van der Waals surface area contributed by atoms with Crippen molar-refractivity contribution in [1.29, 1.82) is 0 Å². The van der Waals surface area contributed by atoms with Gasteiger partial charge in [0.2, 0.25) is 0 Å². The third-order valence-electron chi connectivity index (χ3n) is 7.22. The number of benzene rings is 2. The van der Waals surface area contributed by atoms with E-state index in [4.69, 9.17) is 4.42 Å². The highest BCUT2D eigenvalue weighted by atomic mass is 32.1. The minimum atomic E-state index is -0.181. The number of piperidine rings is 1. The summed E-state index contributed by atoms with van der Waals surface area (Å²) in [5.41, 5.74) is 4.71. The van der Waals surface area contributed by atoms with Gasteiger partial charge in [0, 0.05) is 24.4 Å². The van der Waals surface area contributed by atoms with Gasteiger partial charge < -0.3 is 14.6 Å². The summed E-state index contributed by atoms with van der Waals surface area (Å²) in [5.74, 6) is 1.48. The van der Waals surface area contributed by atoms with Gasteiger partial charge in [0.1, 0.15) is 5.52 Å². The maximum Gasteiger partial charge on any atom is 0.255 e. The SMILES string of the molecule is CCc1nc2c(C(=O)NC[C@@H]3[C@H]4C[C@H]4CN3C(=O)c3ccsc3-c3cccc(C)c3)cccc2o1. The van der Waals surface area contributed by atoms with Gasteiger partial charge in [-0.05, 0) is 54.3 Å². The molecule has 2 aromatic carbocycles. The van der Waals surface area contributed by atoms with E-state index in [-0.39, 0.29) is 17.9 Å². The van der Waals surface area contributed by atoms with Gasteiger partial charge in [-0.15, -0.1) is 11.3 Å². The number of para-hydroxylation sites is 1. The molecule has 1 saturated heterocycles. The van der Waals surface area contributed by atoms with E-state index in [0.29, 0.717) is 47.4 Å². The average molecular weight is 486 g/mol. The Bertz CT molecular complexity index is 1440. The van der Waals surface area contributed by atoms with Crippen LogP contribution in [0.15, 0.2) is 58.3 Å². The second-order valence-corrected chi connectivity index (χ2v) is 10.5. The van der Waals surface area contributed by atoms with Gasteiger partial charge in [0.15, 0.2) is 11.5 Å². The molecule has 0 spiro atoms. The van der Waals surface area contributed by atoms with E-state index in [1.165, 1.54) is 5.56 Å². The minimum absolute atomic E-state index is 0.00410.